The van der Waals surface area contributed by atoms with Crippen LogP contribution >= 0.6 is 23.2 Å². The van der Waals surface area contributed by atoms with E-state index in [0.717, 1.165) is 33.4 Å². The molecule has 0 saturated carbocycles. The molecule has 0 spiro atoms. The van der Waals surface area contributed by atoms with Crippen LogP contribution in [0.5, 0.6) is 0 Å². The van der Waals surface area contributed by atoms with Crippen molar-refractivity contribution in [1.29, 1.82) is 0 Å². The number of hydrogen-bond acceptors (Lipinski definition) is 2. The molecule has 6 rings (SSSR count). The van der Waals surface area contributed by atoms with Crippen molar-refractivity contribution in [2.45, 2.75) is 11.8 Å². The maximum Gasteiger partial charge on any atom is 0.235 e. The maximum absolute atomic E-state index is 14.4. The zero-order valence-corrected chi connectivity index (χ0v) is 24.6. The number of benzene rings is 5. The van der Waals surface area contributed by atoms with Crippen molar-refractivity contribution in [2.75, 3.05) is 0 Å². The Bertz CT molecular complexity index is 1810. The molecule has 5 aromatic rings. The monoisotopic (exact) mass is 599 g/mol. The molecule has 2 atom stereocenters. The highest BCUT2D eigenvalue weighted by molar-refractivity contribution is 6.31. The molecule has 210 valence electrons. The lowest BCUT2D eigenvalue weighted by Gasteiger charge is -2.33. The molecule has 3 nitrogen and oxygen atoms in total. The predicted molar refractivity (Wildman–Crippen MR) is 175 cm³/mol. The van der Waals surface area contributed by atoms with E-state index in [1.807, 2.05) is 127 Å². The number of rotatable bonds is 6. The van der Waals surface area contributed by atoms with E-state index in [2.05, 4.69) is 5.32 Å². The molecular formula is C38H27Cl2NO2. The average Bonchev–Trinajstić information content (AvgIpc) is 3.05. The highest BCUT2D eigenvalue weighted by Gasteiger charge is 2.37. The maximum atomic E-state index is 14.4. The average molecular weight is 601 g/mol. The molecule has 1 amide bonds. The number of ketones is 1. The third-order valence-electron chi connectivity index (χ3n) is 7.69. The van der Waals surface area contributed by atoms with E-state index in [1.165, 1.54) is 0 Å². The third-order valence-corrected chi connectivity index (χ3v) is 8.19. The van der Waals surface area contributed by atoms with Gasteiger partial charge in [-0.3, -0.25) is 9.59 Å². The van der Waals surface area contributed by atoms with Gasteiger partial charge in [-0.1, -0.05) is 138 Å². The van der Waals surface area contributed by atoms with Gasteiger partial charge < -0.3 is 5.32 Å². The van der Waals surface area contributed by atoms with Crippen molar-refractivity contribution in [3.8, 4) is 0 Å². The van der Waals surface area contributed by atoms with Crippen molar-refractivity contribution >= 4 is 46.0 Å². The molecule has 0 radical (unpaired) electrons. The summed E-state index contributed by atoms with van der Waals surface area (Å²) >= 11 is 12.7. The Labute approximate surface area is 261 Å². The Balaban J connectivity index is 1.75. The van der Waals surface area contributed by atoms with E-state index >= 15 is 0 Å². The number of carbonyl (C=O) groups is 2. The van der Waals surface area contributed by atoms with Crippen LogP contribution in [0.3, 0.4) is 0 Å². The van der Waals surface area contributed by atoms with Crippen molar-refractivity contribution in [2.24, 2.45) is 0 Å². The SMILES string of the molecule is O=C(/C1=C/NC(=O)C(c2ccccc2)/C(c2ccc(Cl)cc2)=C(/c2ccccc2)C1c1ccc(Cl)cc1)c1ccccc1. The zero-order valence-electron chi connectivity index (χ0n) is 23.1. The molecule has 1 heterocycles. The first kappa shape index (κ1) is 28.4. The first-order valence-corrected chi connectivity index (χ1v) is 14.7. The molecule has 5 heteroatoms. The van der Waals surface area contributed by atoms with Gasteiger partial charge in [0.15, 0.2) is 5.78 Å². The Morgan fingerprint density at radius 3 is 1.60 bits per heavy atom. The number of allylic oxidation sites excluding steroid dienone is 2. The quantitative estimate of drug-likeness (QED) is 0.198. The molecular weight excluding hydrogens is 573 g/mol. The van der Waals surface area contributed by atoms with Crippen LogP contribution in [0.15, 0.2) is 151 Å². The van der Waals surface area contributed by atoms with Crippen LogP contribution < -0.4 is 5.32 Å². The van der Waals surface area contributed by atoms with E-state index < -0.39 is 11.8 Å². The highest BCUT2D eigenvalue weighted by Crippen LogP contribution is 2.49. The van der Waals surface area contributed by atoms with Gasteiger partial charge in [-0.15, -0.1) is 0 Å². The van der Waals surface area contributed by atoms with Gasteiger partial charge in [-0.05, 0) is 57.7 Å². The van der Waals surface area contributed by atoms with Gasteiger partial charge in [0.05, 0.1) is 5.92 Å². The topological polar surface area (TPSA) is 46.2 Å². The van der Waals surface area contributed by atoms with Crippen LogP contribution in [0.4, 0.5) is 0 Å². The lowest BCUT2D eigenvalue weighted by atomic mass is 9.71. The summed E-state index contributed by atoms with van der Waals surface area (Å²) in [6.45, 7) is 0. The summed E-state index contributed by atoms with van der Waals surface area (Å²) < 4.78 is 0. The summed E-state index contributed by atoms with van der Waals surface area (Å²) in [6, 6.07) is 43.9. The first-order valence-electron chi connectivity index (χ1n) is 14.0. The molecule has 1 N–H and O–H groups in total. The normalized spacial score (nSPS) is 19.9. The zero-order chi connectivity index (χ0) is 29.8. The molecule has 0 aromatic heterocycles. The Morgan fingerprint density at radius 2 is 1.00 bits per heavy atom. The van der Waals surface area contributed by atoms with Crippen LogP contribution in [-0.4, -0.2) is 11.7 Å². The van der Waals surface area contributed by atoms with Gasteiger partial charge in [0, 0.05) is 33.3 Å². The van der Waals surface area contributed by atoms with Gasteiger partial charge in [-0.25, -0.2) is 0 Å². The molecule has 0 saturated heterocycles. The molecule has 2 unspecified atom stereocenters. The smallest absolute Gasteiger partial charge is 0.235 e. The summed E-state index contributed by atoms with van der Waals surface area (Å²) in [5.41, 5.74) is 6.05. The van der Waals surface area contributed by atoms with Crippen LogP contribution in [-0.2, 0) is 4.79 Å². The molecule has 0 bridgehead atoms. The number of hydrogen-bond donors (Lipinski definition) is 1. The molecule has 1 aliphatic rings. The second-order valence-electron chi connectivity index (χ2n) is 10.3. The minimum atomic E-state index is -0.683. The second-order valence-corrected chi connectivity index (χ2v) is 11.2. The van der Waals surface area contributed by atoms with Crippen LogP contribution in [0.1, 0.15) is 44.4 Å². The summed E-state index contributed by atoms with van der Waals surface area (Å²) in [5.74, 6) is -1.65. The van der Waals surface area contributed by atoms with Crippen molar-refractivity contribution in [3.63, 3.8) is 0 Å². The van der Waals surface area contributed by atoms with Gasteiger partial charge in [-0.2, -0.15) is 0 Å². The van der Waals surface area contributed by atoms with E-state index in [0.29, 0.717) is 21.2 Å². The van der Waals surface area contributed by atoms with Gasteiger partial charge in [0.25, 0.3) is 0 Å². The summed E-state index contributed by atoms with van der Waals surface area (Å²) in [4.78, 5) is 28.6. The number of carbonyl (C=O) groups excluding carboxylic acids is 2. The number of amides is 1. The number of nitrogens with one attached hydrogen (secondary N) is 1. The van der Waals surface area contributed by atoms with Crippen molar-refractivity contribution in [1.82, 2.24) is 5.32 Å². The molecule has 0 aliphatic carbocycles. The molecule has 43 heavy (non-hydrogen) atoms. The fourth-order valence-corrected chi connectivity index (χ4v) is 5.97. The Kier molecular flexibility index (Phi) is 8.37. The van der Waals surface area contributed by atoms with E-state index in [1.54, 1.807) is 18.3 Å². The molecule has 0 fully saturated rings. The second kappa shape index (κ2) is 12.7. The summed E-state index contributed by atoms with van der Waals surface area (Å²) in [7, 11) is 0. The first-order chi connectivity index (χ1) is 21.0. The Hall–Kier alpha value is -4.70. The largest absolute Gasteiger partial charge is 0.331 e. The standard InChI is InChI=1S/C38H27Cl2NO2/c39-30-20-16-27(17-21-30)33-32(37(42)29-14-8-3-9-15-29)24-41-38(43)36(26-12-6-2-7-13-26)35(28-18-22-31(40)23-19-28)34(33)25-10-4-1-5-11-25/h1-24,33,36H,(H,41,43)/b32-24+,35-34-. The number of Topliss-reactive ketones (excluding diaryl/α,β-unsaturated/α-hetero) is 1. The lowest BCUT2D eigenvalue weighted by Crippen LogP contribution is -2.31. The minimum Gasteiger partial charge on any atom is -0.331 e. The fraction of sp³-hybridized carbons (Fsp3) is 0.0526. The van der Waals surface area contributed by atoms with E-state index in [-0.39, 0.29) is 11.7 Å². The van der Waals surface area contributed by atoms with E-state index in [9.17, 15) is 9.59 Å². The molecule has 1 aliphatic heterocycles. The summed E-state index contributed by atoms with van der Waals surface area (Å²) in [6.07, 6.45) is 1.59. The third kappa shape index (κ3) is 5.96. The predicted octanol–water partition coefficient (Wildman–Crippen LogP) is 9.37. The van der Waals surface area contributed by atoms with Crippen molar-refractivity contribution in [3.05, 3.63) is 189 Å². The Morgan fingerprint density at radius 1 is 0.535 bits per heavy atom. The van der Waals surface area contributed by atoms with Gasteiger partial charge in [0.1, 0.15) is 0 Å². The van der Waals surface area contributed by atoms with Crippen LogP contribution in [0, 0.1) is 0 Å². The lowest BCUT2D eigenvalue weighted by molar-refractivity contribution is -0.120. The molecule has 5 aromatic carbocycles. The van der Waals surface area contributed by atoms with Crippen LogP contribution in [0.2, 0.25) is 10.0 Å². The summed E-state index contributed by atoms with van der Waals surface area (Å²) in [5, 5.41) is 4.20. The van der Waals surface area contributed by atoms with Gasteiger partial charge >= 0.3 is 0 Å². The highest BCUT2D eigenvalue weighted by atomic mass is 35.5. The van der Waals surface area contributed by atoms with E-state index in [4.69, 9.17) is 23.2 Å². The van der Waals surface area contributed by atoms with Gasteiger partial charge in [0.2, 0.25) is 5.91 Å². The fourth-order valence-electron chi connectivity index (χ4n) is 5.72. The minimum absolute atomic E-state index is 0.178. The van der Waals surface area contributed by atoms with Crippen LogP contribution in [0.25, 0.3) is 11.1 Å². The number of halogens is 2. The van der Waals surface area contributed by atoms with Crippen molar-refractivity contribution < 1.29 is 9.59 Å².